The van der Waals surface area contributed by atoms with Gasteiger partial charge in [-0.2, -0.15) is 0 Å². The Kier molecular flexibility index (Phi) is 4.85. The van der Waals surface area contributed by atoms with Crippen LogP contribution in [0.3, 0.4) is 0 Å². The third kappa shape index (κ3) is 3.92. The van der Waals surface area contributed by atoms with Gasteiger partial charge in [-0.05, 0) is 6.42 Å². The first-order valence-electron chi connectivity index (χ1n) is 2.17. The lowest BCUT2D eigenvalue weighted by Gasteiger charge is -1.71. The summed E-state index contributed by atoms with van der Waals surface area (Å²) in [5.74, 6) is 0. The summed E-state index contributed by atoms with van der Waals surface area (Å²) in [6, 6.07) is 0. The fourth-order valence-corrected chi connectivity index (χ4v) is 0.724. The van der Waals surface area contributed by atoms with Gasteiger partial charge in [0.1, 0.15) is 0 Å². The second-order valence-corrected chi connectivity index (χ2v) is 1.90. The SMILES string of the molecule is CCC=C[SiH2]O. The van der Waals surface area contributed by atoms with Gasteiger partial charge in [0.05, 0.1) is 0 Å². The Hall–Kier alpha value is -0.0831. The molecule has 0 aliphatic rings. The second-order valence-electron chi connectivity index (χ2n) is 1.06. The molecular weight excluding hydrogens is 92.1 g/mol. The van der Waals surface area contributed by atoms with Crippen LogP contribution in [0, 0.1) is 0 Å². The molecule has 0 rings (SSSR count). The molecule has 0 aliphatic carbocycles. The van der Waals surface area contributed by atoms with Crippen molar-refractivity contribution >= 4 is 9.76 Å². The lowest BCUT2D eigenvalue weighted by molar-refractivity contribution is 0.614. The van der Waals surface area contributed by atoms with Crippen molar-refractivity contribution in [3.05, 3.63) is 11.8 Å². The van der Waals surface area contributed by atoms with Gasteiger partial charge in [0.15, 0.2) is 9.76 Å². The first-order chi connectivity index (χ1) is 2.91. The van der Waals surface area contributed by atoms with Gasteiger partial charge in [-0.15, -0.1) is 0 Å². The van der Waals surface area contributed by atoms with Crippen molar-refractivity contribution in [1.82, 2.24) is 0 Å². The highest BCUT2D eigenvalue weighted by Gasteiger charge is 1.62. The molecule has 0 heterocycles. The topological polar surface area (TPSA) is 20.2 Å². The number of hydrogen-bond acceptors (Lipinski definition) is 1. The molecule has 0 bridgehead atoms. The predicted octanol–water partition coefficient (Wildman–Crippen LogP) is -0.0138. The molecule has 6 heavy (non-hydrogen) atoms. The van der Waals surface area contributed by atoms with E-state index in [2.05, 4.69) is 6.92 Å². The fourth-order valence-electron chi connectivity index (χ4n) is 0.241. The minimum atomic E-state index is -0.778. The molecule has 0 unspecified atom stereocenters. The maximum absolute atomic E-state index is 8.25. The van der Waals surface area contributed by atoms with Crippen molar-refractivity contribution in [2.75, 3.05) is 0 Å². The molecule has 0 aromatic rings. The van der Waals surface area contributed by atoms with Crippen LogP contribution in [0.1, 0.15) is 13.3 Å². The van der Waals surface area contributed by atoms with E-state index < -0.39 is 9.76 Å². The van der Waals surface area contributed by atoms with E-state index in [-0.39, 0.29) is 0 Å². The summed E-state index contributed by atoms with van der Waals surface area (Å²) in [4.78, 5) is 8.25. The van der Waals surface area contributed by atoms with Gasteiger partial charge in [-0.3, -0.25) is 0 Å². The van der Waals surface area contributed by atoms with Crippen LogP contribution >= 0.6 is 0 Å². The third-order valence-corrected chi connectivity index (χ3v) is 1.05. The van der Waals surface area contributed by atoms with Gasteiger partial charge in [0.2, 0.25) is 0 Å². The molecular formula is C4H10OSi. The summed E-state index contributed by atoms with van der Waals surface area (Å²) in [6.07, 6.45) is 3.04. The Labute approximate surface area is 40.6 Å². The summed E-state index contributed by atoms with van der Waals surface area (Å²) < 4.78 is 0. The molecule has 2 heteroatoms. The van der Waals surface area contributed by atoms with Crippen molar-refractivity contribution in [3.63, 3.8) is 0 Å². The number of allylic oxidation sites excluding steroid dienone is 1. The van der Waals surface area contributed by atoms with Gasteiger partial charge in [0, 0.05) is 0 Å². The van der Waals surface area contributed by atoms with Gasteiger partial charge >= 0.3 is 0 Å². The summed E-state index contributed by atoms with van der Waals surface area (Å²) >= 11 is 0. The van der Waals surface area contributed by atoms with Crippen LogP contribution in [0.5, 0.6) is 0 Å². The second kappa shape index (κ2) is 4.92. The zero-order valence-electron chi connectivity index (χ0n) is 4.02. The maximum atomic E-state index is 8.25. The zero-order valence-corrected chi connectivity index (χ0v) is 5.43. The molecule has 1 nitrogen and oxygen atoms in total. The average Bonchev–Trinajstić information content (AvgIpc) is 1.61. The molecule has 0 fully saturated rings. The smallest absolute Gasteiger partial charge is 0.180 e. The Morgan fingerprint density at radius 3 is 2.67 bits per heavy atom. The summed E-state index contributed by atoms with van der Waals surface area (Å²) in [5.41, 5.74) is 1.88. The zero-order chi connectivity index (χ0) is 4.83. The molecule has 0 aliphatic heterocycles. The monoisotopic (exact) mass is 102 g/mol. The van der Waals surface area contributed by atoms with E-state index >= 15 is 0 Å². The first kappa shape index (κ1) is 5.92. The summed E-state index contributed by atoms with van der Waals surface area (Å²) in [6.45, 7) is 2.06. The van der Waals surface area contributed by atoms with Gasteiger partial charge in [0.25, 0.3) is 0 Å². The van der Waals surface area contributed by atoms with E-state index in [1.54, 1.807) is 0 Å². The predicted molar refractivity (Wildman–Crippen MR) is 30.2 cm³/mol. The lowest BCUT2D eigenvalue weighted by atomic mass is 10.5. The summed E-state index contributed by atoms with van der Waals surface area (Å²) in [5, 5.41) is 0. The van der Waals surface area contributed by atoms with Crippen LogP contribution in [0.15, 0.2) is 11.8 Å². The van der Waals surface area contributed by atoms with Crippen molar-refractivity contribution in [2.24, 2.45) is 0 Å². The highest BCUT2D eigenvalue weighted by molar-refractivity contribution is 6.32. The van der Waals surface area contributed by atoms with E-state index in [0.717, 1.165) is 6.42 Å². The molecule has 0 aromatic carbocycles. The minimum Gasteiger partial charge on any atom is -0.434 e. The molecule has 0 aromatic heterocycles. The standard InChI is InChI=1S/C4H10OSi/c1-2-3-4-6-5/h3-5H,2,6H2,1H3. The molecule has 0 radical (unpaired) electrons. The van der Waals surface area contributed by atoms with E-state index in [4.69, 9.17) is 4.80 Å². The Bertz CT molecular complexity index is 36.8. The maximum Gasteiger partial charge on any atom is 0.180 e. The van der Waals surface area contributed by atoms with Crippen LogP contribution in [0.2, 0.25) is 0 Å². The van der Waals surface area contributed by atoms with Gasteiger partial charge in [-0.1, -0.05) is 18.7 Å². The van der Waals surface area contributed by atoms with Crippen molar-refractivity contribution in [1.29, 1.82) is 0 Å². The van der Waals surface area contributed by atoms with Crippen LogP contribution in [0.4, 0.5) is 0 Å². The van der Waals surface area contributed by atoms with Crippen molar-refractivity contribution in [2.45, 2.75) is 13.3 Å². The van der Waals surface area contributed by atoms with Crippen molar-refractivity contribution in [3.8, 4) is 0 Å². The Morgan fingerprint density at radius 1 is 1.83 bits per heavy atom. The van der Waals surface area contributed by atoms with E-state index in [1.165, 1.54) is 0 Å². The van der Waals surface area contributed by atoms with E-state index in [1.807, 2.05) is 11.8 Å². The van der Waals surface area contributed by atoms with Crippen LogP contribution in [-0.4, -0.2) is 14.6 Å². The highest BCUT2D eigenvalue weighted by atomic mass is 28.2. The molecule has 1 N–H and O–H groups in total. The van der Waals surface area contributed by atoms with Gasteiger partial charge in [-0.25, -0.2) is 0 Å². The highest BCUT2D eigenvalue weighted by Crippen LogP contribution is 1.73. The molecule has 0 amide bonds. The quantitative estimate of drug-likeness (QED) is 0.486. The average molecular weight is 102 g/mol. The lowest BCUT2D eigenvalue weighted by Crippen LogP contribution is -1.75. The summed E-state index contributed by atoms with van der Waals surface area (Å²) in [7, 11) is -0.778. The third-order valence-electron chi connectivity index (χ3n) is 0.508. The molecule has 0 saturated carbocycles. The molecule has 0 spiro atoms. The molecule has 0 atom stereocenters. The molecule has 0 saturated heterocycles. The number of rotatable bonds is 2. The van der Waals surface area contributed by atoms with Crippen LogP contribution in [-0.2, 0) is 0 Å². The van der Waals surface area contributed by atoms with Crippen molar-refractivity contribution < 1.29 is 4.80 Å². The fraction of sp³-hybridized carbons (Fsp3) is 0.500. The van der Waals surface area contributed by atoms with E-state index in [9.17, 15) is 0 Å². The Balaban J connectivity index is 2.73. The van der Waals surface area contributed by atoms with E-state index in [0.29, 0.717) is 0 Å². The van der Waals surface area contributed by atoms with Gasteiger partial charge < -0.3 is 4.80 Å². The first-order valence-corrected chi connectivity index (χ1v) is 3.62. The van der Waals surface area contributed by atoms with Crippen LogP contribution in [0.25, 0.3) is 0 Å². The number of hydrogen-bond donors (Lipinski definition) is 1. The molecule has 36 valence electrons. The largest absolute Gasteiger partial charge is 0.434 e. The van der Waals surface area contributed by atoms with Crippen LogP contribution < -0.4 is 0 Å². The normalized spacial score (nSPS) is 12.3. The Morgan fingerprint density at radius 2 is 2.50 bits per heavy atom. The minimum absolute atomic E-state index is 0.778.